The van der Waals surface area contributed by atoms with Crippen molar-refractivity contribution in [3.8, 4) is 0 Å². The Bertz CT molecular complexity index is 495. The smallest absolute Gasteiger partial charge is 0.150 e. The molecule has 1 aromatic rings. The number of hydrogen-bond acceptors (Lipinski definition) is 4. The van der Waals surface area contributed by atoms with Crippen LogP contribution in [0.2, 0.25) is 0 Å². The Labute approximate surface area is 109 Å². The van der Waals surface area contributed by atoms with E-state index in [-0.39, 0.29) is 17.7 Å². The van der Waals surface area contributed by atoms with Crippen LogP contribution >= 0.6 is 0 Å². The Morgan fingerprint density at radius 1 is 1.61 bits per heavy atom. The molecule has 5 nitrogen and oxygen atoms in total. The lowest BCUT2D eigenvalue weighted by Crippen LogP contribution is -2.31. The van der Waals surface area contributed by atoms with Gasteiger partial charge in [-0.15, -0.1) is 0 Å². The number of nitrogens with one attached hydrogen (secondary N) is 1. The minimum Gasteiger partial charge on any atom is -0.337 e. The molecule has 0 bridgehead atoms. The molecule has 2 unspecified atom stereocenters. The van der Waals surface area contributed by atoms with Gasteiger partial charge in [-0.1, -0.05) is 6.92 Å². The van der Waals surface area contributed by atoms with Crippen molar-refractivity contribution in [3.05, 3.63) is 18.2 Å². The first kappa shape index (κ1) is 13.5. The third kappa shape index (κ3) is 2.92. The van der Waals surface area contributed by atoms with Gasteiger partial charge in [0.2, 0.25) is 0 Å². The Morgan fingerprint density at radius 2 is 2.39 bits per heavy atom. The summed E-state index contributed by atoms with van der Waals surface area (Å²) < 4.78 is 25.2. The standard InChI is InChI=1S/C12H21N3O2S/c1-3-5-13-11(12-14-6-7-15(12)2)10-4-8-18(16,17)9-10/h6-7,10-11,13H,3-5,8-9H2,1-2H3. The summed E-state index contributed by atoms with van der Waals surface area (Å²) in [7, 11) is -0.896. The second-order valence-corrected chi connectivity index (χ2v) is 7.22. The van der Waals surface area contributed by atoms with E-state index in [1.165, 1.54) is 0 Å². The summed E-state index contributed by atoms with van der Waals surface area (Å²) in [6, 6.07) is 0.0437. The maximum absolute atomic E-state index is 11.6. The van der Waals surface area contributed by atoms with Crippen molar-refractivity contribution in [1.29, 1.82) is 0 Å². The predicted molar refractivity (Wildman–Crippen MR) is 71.0 cm³/mol. The Kier molecular flexibility index (Phi) is 4.07. The Balaban J connectivity index is 2.18. The Hall–Kier alpha value is -0.880. The number of nitrogens with zero attached hydrogens (tertiary/aromatic N) is 2. The van der Waals surface area contributed by atoms with Gasteiger partial charge in [-0.3, -0.25) is 0 Å². The van der Waals surface area contributed by atoms with E-state index >= 15 is 0 Å². The van der Waals surface area contributed by atoms with Crippen molar-refractivity contribution in [2.45, 2.75) is 25.8 Å². The number of rotatable bonds is 5. The fraction of sp³-hybridized carbons (Fsp3) is 0.750. The van der Waals surface area contributed by atoms with Crippen LogP contribution in [0.5, 0.6) is 0 Å². The highest BCUT2D eigenvalue weighted by molar-refractivity contribution is 7.91. The van der Waals surface area contributed by atoms with Crippen LogP contribution in [0.1, 0.15) is 31.6 Å². The molecular formula is C12H21N3O2S. The summed E-state index contributed by atoms with van der Waals surface area (Å²) >= 11 is 0. The molecule has 0 spiro atoms. The van der Waals surface area contributed by atoms with Gasteiger partial charge < -0.3 is 9.88 Å². The van der Waals surface area contributed by atoms with Gasteiger partial charge in [-0.25, -0.2) is 13.4 Å². The van der Waals surface area contributed by atoms with Crippen LogP contribution < -0.4 is 5.32 Å². The lowest BCUT2D eigenvalue weighted by atomic mass is 9.98. The van der Waals surface area contributed by atoms with E-state index in [1.54, 1.807) is 6.20 Å². The quantitative estimate of drug-likeness (QED) is 0.864. The highest BCUT2D eigenvalue weighted by Crippen LogP contribution is 2.30. The second-order valence-electron chi connectivity index (χ2n) is 4.99. The number of imidazole rings is 1. The molecule has 1 saturated heterocycles. The lowest BCUT2D eigenvalue weighted by Gasteiger charge is -2.23. The zero-order valence-corrected chi connectivity index (χ0v) is 11.8. The van der Waals surface area contributed by atoms with Crippen LogP contribution in [-0.2, 0) is 16.9 Å². The van der Waals surface area contributed by atoms with E-state index in [9.17, 15) is 8.42 Å². The van der Waals surface area contributed by atoms with Crippen LogP contribution in [-0.4, -0.2) is 36.0 Å². The number of aryl methyl sites for hydroxylation is 1. The average Bonchev–Trinajstić information content (AvgIpc) is 2.87. The molecule has 0 saturated carbocycles. The molecule has 18 heavy (non-hydrogen) atoms. The van der Waals surface area contributed by atoms with Crippen molar-refractivity contribution in [2.24, 2.45) is 13.0 Å². The fourth-order valence-corrected chi connectivity index (χ4v) is 4.37. The van der Waals surface area contributed by atoms with Gasteiger partial charge in [0.05, 0.1) is 17.5 Å². The van der Waals surface area contributed by atoms with Crippen LogP contribution in [0.25, 0.3) is 0 Å². The third-order valence-corrected chi connectivity index (χ3v) is 5.28. The monoisotopic (exact) mass is 271 g/mol. The second kappa shape index (κ2) is 5.40. The summed E-state index contributed by atoms with van der Waals surface area (Å²) in [5, 5.41) is 3.44. The first-order chi connectivity index (χ1) is 8.53. The molecule has 2 heterocycles. The molecule has 1 aromatic heterocycles. The molecule has 0 amide bonds. The van der Waals surface area contributed by atoms with E-state index in [0.717, 1.165) is 25.2 Å². The molecule has 2 rings (SSSR count). The van der Waals surface area contributed by atoms with Crippen molar-refractivity contribution < 1.29 is 8.42 Å². The highest BCUT2D eigenvalue weighted by Gasteiger charge is 2.35. The molecule has 1 N–H and O–H groups in total. The molecule has 102 valence electrons. The van der Waals surface area contributed by atoms with Gasteiger partial charge in [0.1, 0.15) is 5.82 Å². The molecule has 6 heteroatoms. The Morgan fingerprint density at radius 3 is 2.89 bits per heavy atom. The van der Waals surface area contributed by atoms with Gasteiger partial charge in [0.15, 0.2) is 9.84 Å². The van der Waals surface area contributed by atoms with Crippen LogP contribution in [0.15, 0.2) is 12.4 Å². The highest BCUT2D eigenvalue weighted by atomic mass is 32.2. The zero-order chi connectivity index (χ0) is 13.2. The predicted octanol–water partition coefficient (Wildman–Crippen LogP) is 0.896. The van der Waals surface area contributed by atoms with Gasteiger partial charge in [0.25, 0.3) is 0 Å². The number of hydrogen-bond donors (Lipinski definition) is 1. The maximum Gasteiger partial charge on any atom is 0.150 e. The first-order valence-corrected chi connectivity index (χ1v) is 8.26. The normalized spacial score (nSPS) is 24.2. The lowest BCUT2D eigenvalue weighted by molar-refractivity contribution is 0.369. The van der Waals surface area contributed by atoms with E-state index in [1.807, 2.05) is 17.8 Å². The fourth-order valence-electron chi connectivity index (χ4n) is 2.53. The van der Waals surface area contributed by atoms with Gasteiger partial charge >= 0.3 is 0 Å². The van der Waals surface area contributed by atoms with Crippen LogP contribution in [0, 0.1) is 5.92 Å². The molecule has 1 fully saturated rings. The molecular weight excluding hydrogens is 250 g/mol. The molecule has 0 aromatic carbocycles. The third-order valence-electron chi connectivity index (χ3n) is 3.49. The number of sulfone groups is 1. The minimum absolute atomic E-state index is 0.0437. The van der Waals surface area contributed by atoms with Gasteiger partial charge in [-0.2, -0.15) is 0 Å². The first-order valence-electron chi connectivity index (χ1n) is 6.44. The minimum atomic E-state index is -2.85. The largest absolute Gasteiger partial charge is 0.337 e. The summed E-state index contributed by atoms with van der Waals surface area (Å²) in [5.41, 5.74) is 0. The van der Waals surface area contributed by atoms with E-state index in [0.29, 0.717) is 5.75 Å². The van der Waals surface area contributed by atoms with E-state index in [4.69, 9.17) is 0 Å². The van der Waals surface area contributed by atoms with Crippen LogP contribution in [0.3, 0.4) is 0 Å². The topological polar surface area (TPSA) is 64.0 Å². The SMILES string of the molecule is CCCNC(c1nccn1C)C1CCS(=O)(=O)C1. The molecule has 0 radical (unpaired) electrons. The molecule has 1 aliphatic rings. The summed E-state index contributed by atoms with van der Waals surface area (Å²) in [6.07, 6.45) is 5.43. The van der Waals surface area contributed by atoms with Gasteiger partial charge in [-0.05, 0) is 25.3 Å². The molecule has 0 aliphatic carbocycles. The van der Waals surface area contributed by atoms with Gasteiger partial charge in [0, 0.05) is 19.4 Å². The average molecular weight is 271 g/mol. The van der Waals surface area contributed by atoms with Crippen molar-refractivity contribution in [1.82, 2.24) is 14.9 Å². The summed E-state index contributed by atoms with van der Waals surface area (Å²) in [5.74, 6) is 1.67. The molecule has 2 atom stereocenters. The zero-order valence-electron chi connectivity index (χ0n) is 11.0. The molecule has 1 aliphatic heterocycles. The van der Waals surface area contributed by atoms with Crippen molar-refractivity contribution >= 4 is 9.84 Å². The summed E-state index contributed by atoms with van der Waals surface area (Å²) in [4.78, 5) is 4.37. The maximum atomic E-state index is 11.6. The van der Waals surface area contributed by atoms with Crippen LogP contribution in [0.4, 0.5) is 0 Å². The number of aromatic nitrogens is 2. The van der Waals surface area contributed by atoms with E-state index in [2.05, 4.69) is 17.2 Å². The summed E-state index contributed by atoms with van der Waals surface area (Å²) in [6.45, 7) is 2.99. The van der Waals surface area contributed by atoms with E-state index < -0.39 is 9.84 Å². The van der Waals surface area contributed by atoms with Crippen molar-refractivity contribution in [3.63, 3.8) is 0 Å². The van der Waals surface area contributed by atoms with Crippen molar-refractivity contribution in [2.75, 3.05) is 18.1 Å².